The van der Waals surface area contributed by atoms with E-state index in [4.69, 9.17) is 4.74 Å². The predicted octanol–water partition coefficient (Wildman–Crippen LogP) is 2.50. The van der Waals surface area contributed by atoms with E-state index >= 15 is 0 Å². The average Bonchev–Trinajstić information content (AvgIpc) is 2.38. The van der Waals surface area contributed by atoms with Crippen molar-refractivity contribution < 1.29 is 4.74 Å². The smallest absolute Gasteiger partial charge is 0.283 e. The monoisotopic (exact) mass is 331 g/mol. The lowest BCUT2D eigenvalue weighted by Crippen LogP contribution is -2.26. The second kappa shape index (κ2) is 8.32. The molecule has 0 aliphatic carbocycles. The zero-order valence-corrected chi connectivity index (χ0v) is 13.4. The van der Waals surface area contributed by atoms with Gasteiger partial charge in [-0.05, 0) is 34.7 Å². The van der Waals surface area contributed by atoms with Gasteiger partial charge in [0.05, 0.1) is 25.0 Å². The molecule has 1 aromatic rings. The van der Waals surface area contributed by atoms with Gasteiger partial charge in [0.15, 0.2) is 0 Å². The largest absolute Gasteiger partial charge is 0.383 e. The van der Waals surface area contributed by atoms with E-state index in [0.29, 0.717) is 23.5 Å². The maximum Gasteiger partial charge on any atom is 0.283 e. The number of methoxy groups -OCH3 is 1. The van der Waals surface area contributed by atoms with Gasteiger partial charge in [0.1, 0.15) is 4.47 Å². The lowest BCUT2D eigenvalue weighted by Gasteiger charge is -2.11. The van der Waals surface area contributed by atoms with Crippen molar-refractivity contribution in [1.82, 2.24) is 9.78 Å². The molecule has 1 rings (SSSR count). The quantitative estimate of drug-likeness (QED) is 0.743. The first-order valence-corrected chi connectivity index (χ1v) is 7.34. The van der Waals surface area contributed by atoms with Gasteiger partial charge in [-0.3, -0.25) is 4.79 Å². The summed E-state index contributed by atoms with van der Waals surface area (Å²) in [5.41, 5.74) is 0.619. The summed E-state index contributed by atoms with van der Waals surface area (Å²) in [4.78, 5) is 12.0. The van der Waals surface area contributed by atoms with E-state index in [-0.39, 0.29) is 5.56 Å². The molecule has 0 unspecified atom stereocenters. The first kappa shape index (κ1) is 16.2. The van der Waals surface area contributed by atoms with Crippen molar-refractivity contribution >= 4 is 21.6 Å². The molecule has 5 nitrogen and oxygen atoms in total. The third-order valence-corrected chi connectivity index (χ3v) is 3.53. The zero-order chi connectivity index (χ0) is 14.3. The van der Waals surface area contributed by atoms with Gasteiger partial charge in [-0.25, -0.2) is 4.68 Å². The molecule has 0 aromatic carbocycles. The van der Waals surface area contributed by atoms with Crippen LogP contribution in [0, 0.1) is 5.92 Å². The van der Waals surface area contributed by atoms with Crippen molar-refractivity contribution in [2.24, 2.45) is 5.92 Å². The van der Waals surface area contributed by atoms with Crippen molar-refractivity contribution in [3.05, 3.63) is 21.0 Å². The number of halogens is 1. The maximum absolute atomic E-state index is 12.0. The molecule has 1 aromatic heterocycles. The second-order valence-electron chi connectivity index (χ2n) is 4.86. The van der Waals surface area contributed by atoms with Crippen LogP contribution in [-0.4, -0.2) is 30.0 Å². The molecule has 1 N–H and O–H groups in total. The molecule has 19 heavy (non-hydrogen) atoms. The molecule has 0 fully saturated rings. The molecule has 0 saturated carbocycles. The predicted molar refractivity (Wildman–Crippen MR) is 80.6 cm³/mol. The van der Waals surface area contributed by atoms with Crippen LogP contribution >= 0.6 is 15.9 Å². The van der Waals surface area contributed by atoms with Crippen LogP contribution in [0.3, 0.4) is 0 Å². The number of nitrogens with zero attached hydrogens (tertiary/aromatic N) is 2. The molecule has 0 aliphatic rings. The maximum atomic E-state index is 12.0. The highest BCUT2D eigenvalue weighted by Crippen LogP contribution is 2.16. The third kappa shape index (κ3) is 5.32. The first-order valence-electron chi connectivity index (χ1n) is 6.54. The van der Waals surface area contributed by atoms with Crippen LogP contribution in [0.5, 0.6) is 0 Å². The lowest BCUT2D eigenvalue weighted by molar-refractivity contribution is 0.181. The van der Waals surface area contributed by atoms with Crippen LogP contribution in [-0.2, 0) is 11.3 Å². The van der Waals surface area contributed by atoms with Crippen LogP contribution in [0.1, 0.15) is 26.7 Å². The summed E-state index contributed by atoms with van der Waals surface area (Å²) in [7, 11) is 1.60. The summed E-state index contributed by atoms with van der Waals surface area (Å²) in [5.74, 6) is 0.699. The Kier molecular flexibility index (Phi) is 7.09. The Bertz CT molecular complexity index is 446. The van der Waals surface area contributed by atoms with Gasteiger partial charge in [0.25, 0.3) is 5.56 Å². The van der Waals surface area contributed by atoms with Gasteiger partial charge in [0, 0.05) is 13.7 Å². The summed E-state index contributed by atoms with van der Waals surface area (Å²) in [6, 6.07) is 0. The Morgan fingerprint density at radius 2 is 2.26 bits per heavy atom. The average molecular weight is 332 g/mol. The number of hydrogen-bond donors (Lipinski definition) is 1. The van der Waals surface area contributed by atoms with E-state index in [1.165, 1.54) is 11.1 Å². The molecule has 1 heterocycles. The number of ether oxygens (including phenoxy) is 1. The molecule has 0 bridgehead atoms. The van der Waals surface area contributed by atoms with E-state index in [2.05, 4.69) is 40.2 Å². The summed E-state index contributed by atoms with van der Waals surface area (Å²) >= 11 is 3.33. The highest BCUT2D eigenvalue weighted by Gasteiger charge is 2.08. The Hall–Kier alpha value is -0.880. The fourth-order valence-electron chi connectivity index (χ4n) is 1.66. The molecule has 6 heteroatoms. The Balaban J connectivity index is 2.61. The second-order valence-corrected chi connectivity index (χ2v) is 5.65. The van der Waals surface area contributed by atoms with E-state index in [0.717, 1.165) is 18.7 Å². The van der Waals surface area contributed by atoms with Gasteiger partial charge >= 0.3 is 0 Å². The van der Waals surface area contributed by atoms with Gasteiger partial charge < -0.3 is 10.1 Å². The van der Waals surface area contributed by atoms with Gasteiger partial charge in [-0.1, -0.05) is 13.8 Å². The Morgan fingerprint density at radius 1 is 1.53 bits per heavy atom. The van der Waals surface area contributed by atoms with E-state index in [1.54, 1.807) is 13.3 Å². The van der Waals surface area contributed by atoms with Crippen LogP contribution in [0.4, 0.5) is 5.69 Å². The molecule has 0 amide bonds. The van der Waals surface area contributed by atoms with Gasteiger partial charge in [-0.15, -0.1) is 0 Å². The van der Waals surface area contributed by atoms with Crippen LogP contribution < -0.4 is 10.9 Å². The molecule has 0 spiro atoms. The van der Waals surface area contributed by atoms with E-state index in [1.807, 2.05) is 0 Å². The minimum Gasteiger partial charge on any atom is -0.383 e. The fraction of sp³-hybridized carbons (Fsp3) is 0.692. The summed E-state index contributed by atoms with van der Waals surface area (Å²) in [6.45, 7) is 6.19. The Labute approximate surface area is 122 Å². The summed E-state index contributed by atoms with van der Waals surface area (Å²) < 4.78 is 6.87. The topological polar surface area (TPSA) is 56.1 Å². The first-order chi connectivity index (χ1) is 9.06. The van der Waals surface area contributed by atoms with Crippen LogP contribution in [0.2, 0.25) is 0 Å². The molecule has 0 atom stereocenters. The Morgan fingerprint density at radius 3 is 2.89 bits per heavy atom. The van der Waals surface area contributed by atoms with Crippen LogP contribution in [0.15, 0.2) is 15.5 Å². The molecule has 108 valence electrons. The third-order valence-electron chi connectivity index (χ3n) is 2.77. The fourth-order valence-corrected chi connectivity index (χ4v) is 2.11. The van der Waals surface area contributed by atoms with Crippen molar-refractivity contribution in [2.45, 2.75) is 33.2 Å². The number of nitrogens with one attached hydrogen (secondary N) is 1. The number of anilines is 1. The highest BCUT2D eigenvalue weighted by atomic mass is 79.9. The number of rotatable bonds is 8. The van der Waals surface area contributed by atoms with Gasteiger partial charge in [-0.2, -0.15) is 5.10 Å². The minimum absolute atomic E-state index is 0.133. The van der Waals surface area contributed by atoms with Crippen LogP contribution in [0.25, 0.3) is 0 Å². The summed E-state index contributed by atoms with van der Waals surface area (Å²) in [5, 5.41) is 7.36. The minimum atomic E-state index is -0.133. The van der Waals surface area contributed by atoms with E-state index < -0.39 is 0 Å². The molecular formula is C13H22BrN3O2. The highest BCUT2D eigenvalue weighted by molar-refractivity contribution is 9.10. The van der Waals surface area contributed by atoms with Crippen molar-refractivity contribution in [3.8, 4) is 0 Å². The van der Waals surface area contributed by atoms with Crippen molar-refractivity contribution in [3.63, 3.8) is 0 Å². The normalized spacial score (nSPS) is 11.0. The number of hydrogen-bond acceptors (Lipinski definition) is 4. The molecule has 0 saturated heterocycles. The molecule has 0 radical (unpaired) electrons. The standard InChI is InChI=1S/C13H22BrN3O2/c1-10(2)5-4-6-15-11-9-16-17(7-8-19-3)13(18)12(11)14/h9-10,15H,4-8H2,1-3H3. The van der Waals surface area contributed by atoms with Crippen molar-refractivity contribution in [1.29, 1.82) is 0 Å². The van der Waals surface area contributed by atoms with Gasteiger partial charge in [0.2, 0.25) is 0 Å². The van der Waals surface area contributed by atoms with Crippen molar-refractivity contribution in [2.75, 3.05) is 25.6 Å². The number of aromatic nitrogens is 2. The zero-order valence-electron chi connectivity index (χ0n) is 11.8. The molecule has 0 aliphatic heterocycles. The SMILES string of the molecule is COCCn1ncc(NCCCC(C)C)c(Br)c1=O. The summed E-state index contributed by atoms with van der Waals surface area (Å²) in [6.07, 6.45) is 3.93. The molecular weight excluding hydrogens is 310 g/mol. The lowest BCUT2D eigenvalue weighted by atomic mass is 10.1. The van der Waals surface area contributed by atoms with E-state index in [9.17, 15) is 4.79 Å².